The van der Waals surface area contributed by atoms with Gasteiger partial charge in [-0.05, 0) is 17.7 Å². The van der Waals surface area contributed by atoms with Gasteiger partial charge in [0.05, 0.1) is 15.5 Å². The molecule has 0 amide bonds. The van der Waals surface area contributed by atoms with Crippen molar-refractivity contribution in [3.8, 4) is 21.7 Å². The Hall–Kier alpha value is -2.93. The molecule has 0 saturated heterocycles. The lowest BCUT2D eigenvalue weighted by Crippen LogP contribution is -1.90. The molecule has 0 aliphatic heterocycles. The van der Waals surface area contributed by atoms with Crippen molar-refractivity contribution in [1.29, 1.82) is 0 Å². The van der Waals surface area contributed by atoms with Crippen molar-refractivity contribution in [3.63, 3.8) is 0 Å². The first kappa shape index (κ1) is 14.0. The average molecular weight is 312 g/mol. The fraction of sp³-hybridized carbons (Fsp3) is 0. The number of nitrogens with two attached hydrogens (primary N) is 2. The van der Waals surface area contributed by atoms with Gasteiger partial charge in [0.1, 0.15) is 0 Å². The summed E-state index contributed by atoms with van der Waals surface area (Å²) in [6.07, 6.45) is 0. The monoisotopic (exact) mass is 312 g/mol. The minimum absolute atomic E-state index is 0.0207. The number of nitrogens with zero attached hydrogens (tertiary/aromatic N) is 2. The molecule has 0 radical (unpaired) electrons. The van der Waals surface area contributed by atoms with Gasteiger partial charge in [0, 0.05) is 23.4 Å². The zero-order chi connectivity index (χ0) is 15.7. The van der Waals surface area contributed by atoms with Gasteiger partial charge in [0.15, 0.2) is 5.13 Å². The molecular weight excluding hydrogens is 300 g/mol. The lowest BCUT2D eigenvalue weighted by molar-refractivity contribution is -0.384. The van der Waals surface area contributed by atoms with Gasteiger partial charge in [-0.15, -0.1) is 0 Å². The maximum Gasteiger partial charge on any atom is 0.270 e. The summed E-state index contributed by atoms with van der Waals surface area (Å²) in [6, 6.07) is 13.7. The molecule has 1 aromatic heterocycles. The van der Waals surface area contributed by atoms with E-state index in [-0.39, 0.29) is 5.69 Å². The molecular formula is C15H12N4O2S. The first-order valence-electron chi connectivity index (χ1n) is 6.41. The van der Waals surface area contributed by atoms with Crippen LogP contribution in [0.5, 0.6) is 0 Å². The highest BCUT2D eigenvalue weighted by Gasteiger charge is 2.16. The summed E-state index contributed by atoms with van der Waals surface area (Å²) in [6.45, 7) is 0. The summed E-state index contributed by atoms with van der Waals surface area (Å²) >= 11 is 1.34. The van der Waals surface area contributed by atoms with Gasteiger partial charge in [-0.25, -0.2) is 4.98 Å². The first-order valence-corrected chi connectivity index (χ1v) is 7.23. The number of benzene rings is 2. The van der Waals surface area contributed by atoms with Crippen LogP contribution in [-0.2, 0) is 0 Å². The van der Waals surface area contributed by atoms with Gasteiger partial charge < -0.3 is 11.5 Å². The number of rotatable bonds is 3. The predicted molar refractivity (Wildman–Crippen MR) is 88.5 cm³/mol. The minimum atomic E-state index is -0.428. The van der Waals surface area contributed by atoms with E-state index in [1.807, 2.05) is 12.1 Å². The van der Waals surface area contributed by atoms with Gasteiger partial charge in [-0.3, -0.25) is 10.1 Å². The van der Waals surface area contributed by atoms with Crippen molar-refractivity contribution in [3.05, 3.63) is 58.6 Å². The van der Waals surface area contributed by atoms with Crippen LogP contribution in [0.1, 0.15) is 0 Å². The first-order chi connectivity index (χ1) is 10.5. The molecule has 4 N–H and O–H groups in total. The van der Waals surface area contributed by atoms with E-state index in [0.717, 1.165) is 10.4 Å². The molecule has 0 fully saturated rings. The fourth-order valence-corrected chi connectivity index (χ4v) is 2.99. The van der Waals surface area contributed by atoms with Crippen LogP contribution < -0.4 is 11.5 Å². The molecule has 0 aliphatic rings. The van der Waals surface area contributed by atoms with E-state index in [1.54, 1.807) is 24.3 Å². The Bertz CT molecular complexity index is 843. The highest BCUT2D eigenvalue weighted by Crippen LogP contribution is 2.38. The SMILES string of the molecule is Nc1ccc(-c2sc(N)nc2-c2cccc([N+](=O)[O-])c2)cc1. The van der Waals surface area contributed by atoms with Crippen molar-refractivity contribution >= 4 is 27.8 Å². The van der Waals surface area contributed by atoms with Gasteiger partial charge in [-0.1, -0.05) is 35.6 Å². The molecule has 0 bridgehead atoms. The quantitative estimate of drug-likeness (QED) is 0.437. The number of nitro groups is 1. The second kappa shape index (κ2) is 5.45. The average Bonchev–Trinajstić information content (AvgIpc) is 2.90. The van der Waals surface area contributed by atoms with E-state index in [9.17, 15) is 10.1 Å². The molecule has 0 unspecified atom stereocenters. The maximum absolute atomic E-state index is 10.9. The highest BCUT2D eigenvalue weighted by molar-refractivity contribution is 7.19. The van der Waals surface area contributed by atoms with Gasteiger partial charge >= 0.3 is 0 Å². The highest BCUT2D eigenvalue weighted by atomic mass is 32.1. The zero-order valence-electron chi connectivity index (χ0n) is 11.4. The topological polar surface area (TPSA) is 108 Å². The lowest BCUT2D eigenvalue weighted by atomic mass is 10.1. The third-order valence-electron chi connectivity index (χ3n) is 3.15. The Morgan fingerprint density at radius 2 is 1.77 bits per heavy atom. The Kier molecular flexibility index (Phi) is 3.48. The molecule has 3 rings (SSSR count). The molecule has 22 heavy (non-hydrogen) atoms. The largest absolute Gasteiger partial charge is 0.399 e. The van der Waals surface area contributed by atoms with Gasteiger partial charge in [-0.2, -0.15) is 0 Å². The molecule has 7 heteroatoms. The number of hydrogen-bond donors (Lipinski definition) is 2. The van der Waals surface area contributed by atoms with E-state index < -0.39 is 4.92 Å². The van der Waals surface area contributed by atoms with Crippen molar-refractivity contribution in [1.82, 2.24) is 4.98 Å². The molecule has 0 saturated carbocycles. The fourth-order valence-electron chi connectivity index (χ4n) is 2.13. The zero-order valence-corrected chi connectivity index (χ0v) is 12.2. The molecule has 0 aliphatic carbocycles. The van der Waals surface area contributed by atoms with Crippen molar-refractivity contribution in [2.75, 3.05) is 11.5 Å². The third-order valence-corrected chi connectivity index (χ3v) is 4.08. The number of anilines is 2. The molecule has 110 valence electrons. The molecule has 0 spiro atoms. The van der Waals surface area contributed by atoms with Crippen LogP contribution in [0.25, 0.3) is 21.7 Å². The number of nitro benzene ring substituents is 1. The Labute approximate surface area is 130 Å². The van der Waals surface area contributed by atoms with Gasteiger partial charge in [0.2, 0.25) is 0 Å². The van der Waals surface area contributed by atoms with Crippen LogP contribution in [0, 0.1) is 10.1 Å². The number of aromatic nitrogens is 1. The second-order valence-corrected chi connectivity index (χ2v) is 5.69. The second-order valence-electron chi connectivity index (χ2n) is 4.66. The normalized spacial score (nSPS) is 10.5. The molecule has 2 aromatic carbocycles. The van der Waals surface area contributed by atoms with Crippen LogP contribution in [-0.4, -0.2) is 9.91 Å². The summed E-state index contributed by atoms with van der Waals surface area (Å²) in [7, 11) is 0. The molecule has 1 heterocycles. The van der Waals surface area contributed by atoms with E-state index >= 15 is 0 Å². The number of non-ortho nitro benzene ring substituents is 1. The van der Waals surface area contributed by atoms with Crippen LogP contribution in [0.2, 0.25) is 0 Å². The van der Waals surface area contributed by atoms with Crippen LogP contribution in [0.3, 0.4) is 0 Å². The Balaban J connectivity index is 2.14. The summed E-state index contributed by atoms with van der Waals surface area (Å²) in [5.41, 5.74) is 14.4. The Morgan fingerprint density at radius 3 is 2.45 bits per heavy atom. The Morgan fingerprint density at radius 1 is 1.05 bits per heavy atom. The summed E-state index contributed by atoms with van der Waals surface area (Å²) in [5.74, 6) is 0. The van der Waals surface area contributed by atoms with E-state index in [0.29, 0.717) is 22.1 Å². The maximum atomic E-state index is 10.9. The van der Waals surface area contributed by atoms with Crippen LogP contribution >= 0.6 is 11.3 Å². The van der Waals surface area contributed by atoms with Crippen molar-refractivity contribution < 1.29 is 4.92 Å². The smallest absolute Gasteiger partial charge is 0.270 e. The van der Waals surface area contributed by atoms with E-state index in [1.165, 1.54) is 23.5 Å². The van der Waals surface area contributed by atoms with Crippen LogP contribution in [0.15, 0.2) is 48.5 Å². The molecule has 6 nitrogen and oxygen atoms in total. The number of hydrogen-bond acceptors (Lipinski definition) is 6. The van der Waals surface area contributed by atoms with E-state index in [4.69, 9.17) is 11.5 Å². The summed E-state index contributed by atoms with van der Waals surface area (Å²) in [4.78, 5) is 15.7. The molecule has 3 aromatic rings. The molecule has 0 atom stereocenters. The lowest BCUT2D eigenvalue weighted by Gasteiger charge is -2.03. The van der Waals surface area contributed by atoms with Crippen LogP contribution in [0.4, 0.5) is 16.5 Å². The van der Waals surface area contributed by atoms with Gasteiger partial charge in [0.25, 0.3) is 5.69 Å². The number of thiazole rings is 1. The standard InChI is InChI=1S/C15H12N4O2S/c16-11-6-4-9(5-7-11)14-13(18-15(17)22-14)10-2-1-3-12(8-10)19(20)21/h1-8H,16H2,(H2,17,18). The third kappa shape index (κ3) is 2.61. The van der Waals surface area contributed by atoms with Crippen molar-refractivity contribution in [2.45, 2.75) is 0 Å². The number of nitrogen functional groups attached to an aromatic ring is 2. The van der Waals surface area contributed by atoms with E-state index in [2.05, 4.69) is 4.98 Å². The minimum Gasteiger partial charge on any atom is -0.399 e. The summed E-state index contributed by atoms with van der Waals surface area (Å²) < 4.78 is 0. The predicted octanol–water partition coefficient (Wildman–Crippen LogP) is 3.55. The summed E-state index contributed by atoms with van der Waals surface area (Å²) in [5, 5.41) is 11.3. The van der Waals surface area contributed by atoms with Crippen molar-refractivity contribution in [2.24, 2.45) is 0 Å².